The van der Waals surface area contributed by atoms with Crippen molar-refractivity contribution in [3.63, 3.8) is 0 Å². The molecule has 0 bridgehead atoms. The van der Waals surface area contributed by atoms with Gasteiger partial charge in [-0.15, -0.1) is 0 Å². The highest BCUT2D eigenvalue weighted by Gasteiger charge is 2.12. The largest absolute Gasteiger partial charge is 0.353 e. The minimum atomic E-state index is -0.430. The molecule has 1 aromatic rings. The van der Waals surface area contributed by atoms with Gasteiger partial charge in [0.2, 0.25) is 11.8 Å². The summed E-state index contributed by atoms with van der Waals surface area (Å²) < 4.78 is 0. The van der Waals surface area contributed by atoms with E-state index >= 15 is 0 Å². The zero-order valence-electron chi connectivity index (χ0n) is 13.9. The van der Waals surface area contributed by atoms with Crippen LogP contribution in [0.4, 0.5) is 0 Å². The van der Waals surface area contributed by atoms with Crippen molar-refractivity contribution in [1.29, 1.82) is 0 Å². The summed E-state index contributed by atoms with van der Waals surface area (Å²) in [6.45, 7) is 10.1. The van der Waals surface area contributed by atoms with E-state index in [2.05, 4.69) is 36.6 Å². The van der Waals surface area contributed by atoms with E-state index in [0.29, 0.717) is 0 Å². The summed E-state index contributed by atoms with van der Waals surface area (Å²) in [5.41, 5.74) is 4.58. The molecule has 0 aromatic heterocycles. The lowest BCUT2D eigenvalue weighted by Crippen LogP contribution is -2.34. The molecule has 0 aliphatic rings. The molecule has 22 heavy (non-hydrogen) atoms. The van der Waals surface area contributed by atoms with Crippen LogP contribution in [-0.2, 0) is 15.0 Å². The SMILES string of the molecule is CC(C)NC(=O)CC(=O)N/N=C/c1ccc(C(C)(C)C)cc1. The Bertz CT molecular complexity index is 540. The molecule has 1 aromatic carbocycles. The van der Waals surface area contributed by atoms with Gasteiger partial charge in [0.05, 0.1) is 6.21 Å². The van der Waals surface area contributed by atoms with E-state index in [1.807, 2.05) is 38.1 Å². The van der Waals surface area contributed by atoms with Gasteiger partial charge in [0.1, 0.15) is 6.42 Å². The fraction of sp³-hybridized carbons (Fsp3) is 0.471. The predicted octanol–water partition coefficient (Wildman–Crippen LogP) is 2.35. The van der Waals surface area contributed by atoms with Crippen LogP contribution < -0.4 is 10.7 Å². The standard InChI is InChI=1S/C17H25N3O2/c1-12(2)19-15(21)10-16(22)20-18-11-13-6-8-14(9-7-13)17(3,4)5/h6-9,11-12H,10H2,1-5H3,(H,19,21)(H,20,22)/b18-11+. The van der Waals surface area contributed by atoms with Crippen molar-refractivity contribution in [1.82, 2.24) is 10.7 Å². The zero-order chi connectivity index (χ0) is 16.8. The van der Waals surface area contributed by atoms with E-state index in [-0.39, 0.29) is 23.8 Å². The maximum atomic E-state index is 11.5. The molecule has 2 amide bonds. The van der Waals surface area contributed by atoms with Crippen LogP contribution in [0.15, 0.2) is 29.4 Å². The molecule has 1 rings (SSSR count). The molecule has 120 valence electrons. The van der Waals surface area contributed by atoms with Crippen molar-refractivity contribution < 1.29 is 9.59 Å². The Morgan fingerprint density at radius 3 is 2.23 bits per heavy atom. The van der Waals surface area contributed by atoms with Gasteiger partial charge >= 0.3 is 0 Å². The Morgan fingerprint density at radius 1 is 1.14 bits per heavy atom. The van der Waals surface area contributed by atoms with E-state index < -0.39 is 5.91 Å². The summed E-state index contributed by atoms with van der Waals surface area (Å²) >= 11 is 0. The van der Waals surface area contributed by atoms with Crippen molar-refractivity contribution in [2.75, 3.05) is 0 Å². The Hall–Kier alpha value is -2.17. The Labute approximate surface area is 132 Å². The van der Waals surface area contributed by atoms with Gasteiger partial charge in [-0.3, -0.25) is 9.59 Å². The van der Waals surface area contributed by atoms with Gasteiger partial charge < -0.3 is 5.32 Å². The topological polar surface area (TPSA) is 70.6 Å². The first-order chi connectivity index (χ1) is 10.2. The highest BCUT2D eigenvalue weighted by molar-refractivity contribution is 5.97. The molecule has 0 atom stereocenters. The number of hydrogen-bond acceptors (Lipinski definition) is 3. The number of rotatable bonds is 5. The minimum absolute atomic E-state index is 0.0186. The maximum absolute atomic E-state index is 11.5. The van der Waals surface area contributed by atoms with Crippen LogP contribution >= 0.6 is 0 Å². The van der Waals surface area contributed by atoms with E-state index in [1.54, 1.807) is 6.21 Å². The molecule has 5 heteroatoms. The average Bonchev–Trinajstić information content (AvgIpc) is 2.37. The predicted molar refractivity (Wildman–Crippen MR) is 88.8 cm³/mol. The van der Waals surface area contributed by atoms with Crippen LogP contribution in [0.1, 0.15) is 52.2 Å². The van der Waals surface area contributed by atoms with Crippen molar-refractivity contribution in [3.8, 4) is 0 Å². The molecule has 0 unspecified atom stereocenters. The van der Waals surface area contributed by atoms with Gasteiger partial charge in [0, 0.05) is 6.04 Å². The van der Waals surface area contributed by atoms with Gasteiger partial charge in [0.15, 0.2) is 0 Å². The number of nitrogens with zero attached hydrogens (tertiary/aromatic N) is 1. The van der Waals surface area contributed by atoms with Crippen molar-refractivity contribution in [2.45, 2.75) is 52.5 Å². The number of hydrazone groups is 1. The van der Waals surface area contributed by atoms with Crippen LogP contribution in [-0.4, -0.2) is 24.1 Å². The van der Waals surface area contributed by atoms with Crippen LogP contribution in [0, 0.1) is 0 Å². The number of carbonyl (C=O) groups is 2. The fourth-order valence-corrected chi connectivity index (χ4v) is 1.81. The number of hydrogen-bond donors (Lipinski definition) is 2. The lowest BCUT2D eigenvalue weighted by molar-refractivity contribution is -0.129. The zero-order valence-corrected chi connectivity index (χ0v) is 13.9. The van der Waals surface area contributed by atoms with Crippen LogP contribution in [0.2, 0.25) is 0 Å². The van der Waals surface area contributed by atoms with Gasteiger partial charge in [-0.25, -0.2) is 5.43 Å². The van der Waals surface area contributed by atoms with Gasteiger partial charge in [-0.2, -0.15) is 5.10 Å². The van der Waals surface area contributed by atoms with Crippen molar-refractivity contribution in [3.05, 3.63) is 35.4 Å². The van der Waals surface area contributed by atoms with Crippen LogP contribution in [0.5, 0.6) is 0 Å². The highest BCUT2D eigenvalue weighted by Crippen LogP contribution is 2.21. The number of benzene rings is 1. The first kappa shape index (κ1) is 17.9. The van der Waals surface area contributed by atoms with Gasteiger partial charge in [-0.05, 0) is 30.4 Å². The first-order valence-electron chi connectivity index (χ1n) is 7.40. The summed E-state index contributed by atoms with van der Waals surface area (Å²) in [5, 5.41) is 6.51. The second kappa shape index (κ2) is 7.73. The fourth-order valence-electron chi connectivity index (χ4n) is 1.81. The molecular weight excluding hydrogens is 278 g/mol. The molecule has 0 saturated heterocycles. The van der Waals surface area contributed by atoms with Gasteiger partial charge in [0.25, 0.3) is 0 Å². The third kappa shape index (κ3) is 6.52. The molecular formula is C17H25N3O2. The summed E-state index contributed by atoms with van der Waals surface area (Å²) in [6.07, 6.45) is 1.34. The normalized spacial score (nSPS) is 11.7. The Kier molecular flexibility index (Phi) is 6.28. The molecule has 0 fully saturated rings. The summed E-state index contributed by atoms with van der Waals surface area (Å²) in [7, 11) is 0. The Balaban J connectivity index is 2.49. The first-order valence-corrected chi connectivity index (χ1v) is 7.40. The molecule has 0 radical (unpaired) electrons. The third-order valence-corrected chi connectivity index (χ3v) is 2.95. The third-order valence-electron chi connectivity index (χ3n) is 2.95. The van der Waals surface area contributed by atoms with E-state index in [0.717, 1.165) is 5.56 Å². The molecule has 0 heterocycles. The van der Waals surface area contributed by atoms with Crippen molar-refractivity contribution >= 4 is 18.0 Å². The van der Waals surface area contributed by atoms with Gasteiger partial charge in [-0.1, -0.05) is 45.0 Å². The van der Waals surface area contributed by atoms with E-state index in [4.69, 9.17) is 0 Å². The monoisotopic (exact) mass is 303 g/mol. The average molecular weight is 303 g/mol. The lowest BCUT2D eigenvalue weighted by Gasteiger charge is -2.18. The second-order valence-electron chi connectivity index (χ2n) is 6.56. The van der Waals surface area contributed by atoms with Crippen molar-refractivity contribution in [2.24, 2.45) is 5.10 Å². The molecule has 5 nitrogen and oxygen atoms in total. The second-order valence-corrected chi connectivity index (χ2v) is 6.56. The summed E-state index contributed by atoms with van der Waals surface area (Å²) in [5.74, 6) is -0.738. The molecule has 0 aliphatic heterocycles. The molecule has 2 N–H and O–H groups in total. The molecule has 0 saturated carbocycles. The minimum Gasteiger partial charge on any atom is -0.353 e. The Morgan fingerprint density at radius 2 is 1.73 bits per heavy atom. The van der Waals surface area contributed by atoms with E-state index in [9.17, 15) is 9.59 Å². The maximum Gasteiger partial charge on any atom is 0.249 e. The smallest absolute Gasteiger partial charge is 0.249 e. The number of amides is 2. The summed E-state index contributed by atoms with van der Waals surface area (Å²) in [4.78, 5) is 22.9. The number of carbonyl (C=O) groups excluding carboxylic acids is 2. The van der Waals surface area contributed by atoms with Crippen LogP contribution in [0.3, 0.4) is 0 Å². The highest BCUT2D eigenvalue weighted by atomic mass is 16.2. The van der Waals surface area contributed by atoms with E-state index in [1.165, 1.54) is 5.56 Å². The van der Waals surface area contributed by atoms with Crippen LogP contribution in [0.25, 0.3) is 0 Å². The lowest BCUT2D eigenvalue weighted by atomic mass is 9.87. The molecule has 0 spiro atoms. The molecule has 0 aliphatic carbocycles. The number of nitrogens with one attached hydrogen (secondary N) is 2. The quantitative estimate of drug-likeness (QED) is 0.498. The summed E-state index contributed by atoms with van der Waals surface area (Å²) in [6, 6.07) is 7.99.